The summed E-state index contributed by atoms with van der Waals surface area (Å²) in [7, 11) is 0. The smallest absolute Gasteiger partial charge is 0.387 e. The summed E-state index contributed by atoms with van der Waals surface area (Å²) < 4.78 is 27.9. The summed E-state index contributed by atoms with van der Waals surface area (Å²) in [5.74, 6) is 0.625. The van der Waals surface area contributed by atoms with E-state index in [-0.39, 0.29) is 5.75 Å². The summed E-state index contributed by atoms with van der Waals surface area (Å²) >= 11 is 5.45. The summed E-state index contributed by atoms with van der Waals surface area (Å²) in [6.45, 7) is -2.15. The van der Waals surface area contributed by atoms with Crippen LogP contribution in [-0.2, 0) is 0 Å². The van der Waals surface area contributed by atoms with Gasteiger partial charge in [-0.15, -0.1) is 11.6 Å². The maximum Gasteiger partial charge on any atom is 0.387 e. The molecule has 0 atom stereocenters. The predicted octanol–water partition coefficient (Wildman–Crippen LogP) is 3.49. The van der Waals surface area contributed by atoms with E-state index in [4.69, 9.17) is 11.6 Å². The van der Waals surface area contributed by atoms with E-state index in [0.717, 1.165) is 5.69 Å². The van der Waals surface area contributed by atoms with Gasteiger partial charge in [0.15, 0.2) is 0 Å². The van der Waals surface area contributed by atoms with Crippen LogP contribution in [0.2, 0.25) is 0 Å². The topological polar surface area (TPSA) is 21.3 Å². The van der Waals surface area contributed by atoms with Crippen LogP contribution in [0.3, 0.4) is 0 Å². The third kappa shape index (κ3) is 4.98. The van der Waals surface area contributed by atoms with Gasteiger partial charge >= 0.3 is 6.61 Å². The molecule has 0 unspecified atom stereocenters. The lowest BCUT2D eigenvalue weighted by atomic mass is 10.3. The van der Waals surface area contributed by atoms with Gasteiger partial charge in [0.1, 0.15) is 5.75 Å². The molecule has 1 aromatic carbocycles. The van der Waals surface area contributed by atoms with Gasteiger partial charge in [0.2, 0.25) is 0 Å². The molecule has 1 N–H and O–H groups in total. The number of nitrogens with one attached hydrogen (secondary N) is 1. The zero-order valence-electron chi connectivity index (χ0n) is 8.50. The molecular formula is C11H12ClF2NO. The van der Waals surface area contributed by atoms with Crippen LogP contribution >= 0.6 is 11.6 Å². The van der Waals surface area contributed by atoms with E-state index < -0.39 is 6.61 Å². The van der Waals surface area contributed by atoms with Crippen molar-refractivity contribution >= 4 is 17.3 Å². The zero-order valence-corrected chi connectivity index (χ0v) is 9.25. The summed E-state index contributed by atoms with van der Waals surface area (Å²) in [6, 6.07) is 6.32. The van der Waals surface area contributed by atoms with Gasteiger partial charge in [0.05, 0.1) is 0 Å². The number of benzene rings is 1. The number of anilines is 1. The van der Waals surface area contributed by atoms with E-state index in [2.05, 4.69) is 10.1 Å². The van der Waals surface area contributed by atoms with Gasteiger partial charge in [-0.3, -0.25) is 0 Å². The van der Waals surface area contributed by atoms with E-state index >= 15 is 0 Å². The Morgan fingerprint density at radius 2 is 1.94 bits per heavy atom. The quantitative estimate of drug-likeness (QED) is 0.614. The molecule has 88 valence electrons. The largest absolute Gasteiger partial charge is 0.435 e. The molecular weight excluding hydrogens is 236 g/mol. The second kappa shape index (κ2) is 7.06. The third-order valence-electron chi connectivity index (χ3n) is 1.76. The van der Waals surface area contributed by atoms with Crippen molar-refractivity contribution in [2.45, 2.75) is 6.61 Å². The highest BCUT2D eigenvalue weighted by molar-refractivity contribution is 6.18. The van der Waals surface area contributed by atoms with E-state index in [1.54, 1.807) is 12.1 Å². The van der Waals surface area contributed by atoms with Gasteiger partial charge in [-0.05, 0) is 24.3 Å². The number of halogens is 3. The molecule has 0 aliphatic heterocycles. The Hall–Kier alpha value is -1.29. The summed E-state index contributed by atoms with van der Waals surface area (Å²) in [5.41, 5.74) is 0.834. The van der Waals surface area contributed by atoms with Gasteiger partial charge in [0.25, 0.3) is 0 Å². The fraction of sp³-hybridized carbons (Fsp3) is 0.273. The fourth-order valence-electron chi connectivity index (χ4n) is 1.08. The highest BCUT2D eigenvalue weighted by Crippen LogP contribution is 2.17. The minimum Gasteiger partial charge on any atom is -0.435 e. The molecule has 5 heteroatoms. The molecule has 0 amide bonds. The van der Waals surface area contributed by atoms with Gasteiger partial charge < -0.3 is 10.1 Å². The SMILES string of the molecule is FC(F)Oc1ccc(NC/C=C/CCl)cc1. The van der Waals surface area contributed by atoms with E-state index in [9.17, 15) is 8.78 Å². The lowest BCUT2D eigenvalue weighted by molar-refractivity contribution is -0.0498. The first-order chi connectivity index (χ1) is 7.72. The Kier molecular flexibility index (Phi) is 5.64. The Bertz CT molecular complexity index is 327. The molecule has 0 saturated carbocycles. The highest BCUT2D eigenvalue weighted by atomic mass is 35.5. The van der Waals surface area contributed by atoms with Gasteiger partial charge in [-0.1, -0.05) is 12.2 Å². The first-order valence-corrected chi connectivity index (χ1v) is 5.25. The second-order valence-electron chi connectivity index (χ2n) is 2.91. The van der Waals surface area contributed by atoms with Crippen LogP contribution in [0.25, 0.3) is 0 Å². The van der Waals surface area contributed by atoms with Crippen molar-refractivity contribution < 1.29 is 13.5 Å². The molecule has 16 heavy (non-hydrogen) atoms. The van der Waals surface area contributed by atoms with Crippen molar-refractivity contribution in [3.8, 4) is 5.75 Å². The normalized spacial score (nSPS) is 11.0. The van der Waals surface area contributed by atoms with Crippen molar-refractivity contribution in [1.29, 1.82) is 0 Å². The highest BCUT2D eigenvalue weighted by Gasteiger charge is 2.02. The first-order valence-electron chi connectivity index (χ1n) is 4.72. The summed E-state index contributed by atoms with van der Waals surface area (Å²) in [4.78, 5) is 0. The maximum absolute atomic E-state index is 11.8. The average molecular weight is 248 g/mol. The molecule has 0 fully saturated rings. The number of alkyl halides is 3. The van der Waals surface area contributed by atoms with Crippen LogP contribution in [0.4, 0.5) is 14.5 Å². The van der Waals surface area contributed by atoms with Crippen molar-refractivity contribution in [1.82, 2.24) is 0 Å². The predicted molar refractivity (Wildman–Crippen MR) is 61.4 cm³/mol. The molecule has 0 saturated heterocycles. The van der Waals surface area contributed by atoms with Crippen LogP contribution in [0.15, 0.2) is 36.4 Å². The maximum atomic E-state index is 11.8. The van der Waals surface area contributed by atoms with Crippen LogP contribution in [-0.4, -0.2) is 19.0 Å². The van der Waals surface area contributed by atoms with Crippen molar-refractivity contribution in [3.63, 3.8) is 0 Å². The zero-order chi connectivity index (χ0) is 11.8. The van der Waals surface area contributed by atoms with Crippen LogP contribution in [0, 0.1) is 0 Å². The third-order valence-corrected chi connectivity index (χ3v) is 1.94. The Balaban J connectivity index is 2.42. The van der Waals surface area contributed by atoms with E-state index in [1.807, 2.05) is 12.2 Å². The minimum absolute atomic E-state index is 0.150. The number of hydrogen-bond donors (Lipinski definition) is 1. The van der Waals surface area contributed by atoms with Crippen molar-refractivity contribution in [2.24, 2.45) is 0 Å². The number of allylic oxidation sites excluding steroid dienone is 1. The standard InChI is InChI=1S/C11H12ClF2NO/c12-7-1-2-8-15-9-3-5-10(6-4-9)16-11(13)14/h1-6,11,15H,7-8H2/b2-1+. The average Bonchev–Trinajstić information content (AvgIpc) is 2.26. The molecule has 0 bridgehead atoms. The Morgan fingerprint density at radius 1 is 1.25 bits per heavy atom. The van der Waals surface area contributed by atoms with Gasteiger partial charge in [-0.2, -0.15) is 8.78 Å². The lowest BCUT2D eigenvalue weighted by Crippen LogP contribution is -2.02. The molecule has 2 nitrogen and oxygen atoms in total. The second-order valence-corrected chi connectivity index (χ2v) is 3.22. The monoisotopic (exact) mass is 247 g/mol. The lowest BCUT2D eigenvalue weighted by Gasteiger charge is -2.06. The molecule has 0 aliphatic carbocycles. The number of hydrogen-bond acceptors (Lipinski definition) is 2. The van der Waals surface area contributed by atoms with Crippen molar-refractivity contribution in [3.05, 3.63) is 36.4 Å². The molecule has 1 aromatic rings. The van der Waals surface area contributed by atoms with E-state index in [1.165, 1.54) is 12.1 Å². The minimum atomic E-state index is -2.79. The molecule has 1 rings (SSSR count). The van der Waals surface area contributed by atoms with E-state index in [0.29, 0.717) is 12.4 Å². The van der Waals surface area contributed by atoms with Crippen LogP contribution in [0.5, 0.6) is 5.75 Å². The molecule has 0 spiro atoms. The first kappa shape index (κ1) is 12.8. The molecule has 0 aromatic heterocycles. The number of rotatable bonds is 6. The van der Waals surface area contributed by atoms with Crippen molar-refractivity contribution in [2.75, 3.05) is 17.7 Å². The van der Waals surface area contributed by atoms with Gasteiger partial charge in [0, 0.05) is 18.1 Å². The fourth-order valence-corrected chi connectivity index (χ4v) is 1.20. The van der Waals surface area contributed by atoms with Crippen LogP contribution < -0.4 is 10.1 Å². The summed E-state index contributed by atoms with van der Waals surface area (Å²) in [5, 5.41) is 3.07. The Morgan fingerprint density at radius 3 is 2.50 bits per heavy atom. The molecule has 0 radical (unpaired) electrons. The number of ether oxygens (including phenoxy) is 1. The Labute approximate surface area is 97.9 Å². The van der Waals surface area contributed by atoms with Crippen LogP contribution in [0.1, 0.15) is 0 Å². The molecule has 0 heterocycles. The molecule has 0 aliphatic rings. The summed E-state index contributed by atoms with van der Waals surface area (Å²) in [6.07, 6.45) is 3.71. The van der Waals surface area contributed by atoms with Gasteiger partial charge in [-0.25, -0.2) is 0 Å².